The molecule has 0 spiro atoms. The molecule has 1 aromatic heterocycles. The first-order valence-corrected chi connectivity index (χ1v) is 9.21. The average molecular weight is 339 g/mol. The van der Waals surface area contributed by atoms with Crippen LogP contribution in [0.2, 0.25) is 0 Å². The van der Waals surface area contributed by atoms with Crippen molar-refractivity contribution in [2.75, 3.05) is 39.8 Å². The van der Waals surface area contributed by atoms with Gasteiger partial charge in [-0.1, -0.05) is 13.0 Å². The van der Waals surface area contributed by atoms with Gasteiger partial charge in [-0.25, -0.2) is 0 Å². The summed E-state index contributed by atoms with van der Waals surface area (Å²) in [4.78, 5) is 22.0. The third-order valence-electron chi connectivity index (χ3n) is 3.73. The number of amides is 1. The molecule has 6 heteroatoms. The summed E-state index contributed by atoms with van der Waals surface area (Å²) in [7, 11) is 1.92. The number of nitrogens with one attached hydrogen (secondary N) is 1. The van der Waals surface area contributed by atoms with Gasteiger partial charge in [-0.2, -0.15) is 0 Å². The Morgan fingerprint density at radius 1 is 1.35 bits per heavy atom. The van der Waals surface area contributed by atoms with E-state index >= 15 is 0 Å². The lowest BCUT2D eigenvalue weighted by atomic mass is 10.1. The molecule has 5 nitrogen and oxygen atoms in total. The van der Waals surface area contributed by atoms with Crippen LogP contribution in [-0.2, 0) is 4.79 Å². The van der Waals surface area contributed by atoms with E-state index in [0.717, 1.165) is 25.6 Å². The van der Waals surface area contributed by atoms with Gasteiger partial charge in [0.15, 0.2) is 5.96 Å². The molecule has 1 unspecified atom stereocenters. The molecule has 1 amide bonds. The van der Waals surface area contributed by atoms with Crippen LogP contribution in [0.3, 0.4) is 0 Å². The second-order valence-electron chi connectivity index (χ2n) is 5.53. The van der Waals surface area contributed by atoms with Gasteiger partial charge in [0, 0.05) is 37.5 Å². The highest BCUT2D eigenvalue weighted by Crippen LogP contribution is 2.20. The highest BCUT2D eigenvalue weighted by atomic mass is 32.1. The van der Waals surface area contributed by atoms with Crippen molar-refractivity contribution in [2.24, 2.45) is 4.99 Å². The monoisotopic (exact) mass is 338 g/mol. The second kappa shape index (κ2) is 10.3. The lowest BCUT2D eigenvalue weighted by Crippen LogP contribution is -2.45. The van der Waals surface area contributed by atoms with Crippen molar-refractivity contribution in [2.45, 2.75) is 33.6 Å². The summed E-state index contributed by atoms with van der Waals surface area (Å²) in [5.41, 5.74) is 0. The lowest BCUT2D eigenvalue weighted by Gasteiger charge is -2.26. The summed E-state index contributed by atoms with van der Waals surface area (Å²) in [6, 6.07) is 4.21. The Hall–Kier alpha value is -1.56. The van der Waals surface area contributed by atoms with E-state index < -0.39 is 0 Å². The van der Waals surface area contributed by atoms with Crippen LogP contribution in [0.1, 0.15) is 38.5 Å². The maximum atomic E-state index is 12.3. The quantitative estimate of drug-likeness (QED) is 0.585. The standard InChI is InChI=1S/C17H30N4OS/c1-6-18-17(19-12-14(4)15-10-9-11-23-15)20(5)13-16(22)21(7-2)8-3/h9-11,14H,6-8,12-13H2,1-5H3,(H,18,19). The molecule has 0 fully saturated rings. The van der Waals surface area contributed by atoms with Gasteiger partial charge in [0.25, 0.3) is 0 Å². The molecule has 0 aliphatic heterocycles. The molecule has 1 atom stereocenters. The fraction of sp³-hybridized carbons (Fsp3) is 0.647. The normalized spacial score (nSPS) is 12.8. The molecule has 1 heterocycles. The van der Waals surface area contributed by atoms with Gasteiger partial charge in [-0.05, 0) is 32.2 Å². The van der Waals surface area contributed by atoms with Crippen LogP contribution in [-0.4, -0.2) is 61.4 Å². The highest BCUT2D eigenvalue weighted by molar-refractivity contribution is 7.10. The van der Waals surface area contributed by atoms with Gasteiger partial charge in [-0.15, -0.1) is 11.3 Å². The second-order valence-corrected chi connectivity index (χ2v) is 6.51. The zero-order chi connectivity index (χ0) is 17.2. The van der Waals surface area contributed by atoms with E-state index in [9.17, 15) is 4.79 Å². The molecule has 1 aromatic rings. The molecular formula is C17H30N4OS. The zero-order valence-corrected chi connectivity index (χ0v) is 15.8. The van der Waals surface area contributed by atoms with Crippen molar-refractivity contribution in [3.63, 3.8) is 0 Å². The number of hydrogen-bond donors (Lipinski definition) is 1. The summed E-state index contributed by atoms with van der Waals surface area (Å²) in [5, 5.41) is 5.36. The third-order valence-corrected chi connectivity index (χ3v) is 4.83. The Kier molecular flexibility index (Phi) is 8.69. The van der Waals surface area contributed by atoms with Crippen LogP contribution in [0.5, 0.6) is 0 Å². The minimum absolute atomic E-state index is 0.134. The first-order chi connectivity index (χ1) is 11.0. The number of guanidine groups is 1. The summed E-state index contributed by atoms with van der Waals surface area (Å²) in [6.45, 7) is 11.6. The van der Waals surface area contributed by atoms with Crippen LogP contribution < -0.4 is 5.32 Å². The maximum Gasteiger partial charge on any atom is 0.242 e. The van der Waals surface area contributed by atoms with Crippen molar-refractivity contribution >= 4 is 23.2 Å². The molecule has 1 N–H and O–H groups in total. The number of nitrogens with zero attached hydrogens (tertiary/aromatic N) is 3. The third kappa shape index (κ3) is 6.22. The Balaban J connectivity index is 2.68. The number of thiophene rings is 1. The zero-order valence-electron chi connectivity index (χ0n) is 15.0. The number of carbonyl (C=O) groups is 1. The molecular weight excluding hydrogens is 308 g/mol. The molecule has 0 saturated carbocycles. The number of carbonyl (C=O) groups excluding carboxylic acids is 1. The molecule has 1 rings (SSSR count). The van der Waals surface area contributed by atoms with Crippen molar-refractivity contribution < 1.29 is 4.79 Å². The van der Waals surface area contributed by atoms with E-state index in [1.54, 1.807) is 11.3 Å². The van der Waals surface area contributed by atoms with Crippen molar-refractivity contribution in [3.05, 3.63) is 22.4 Å². The molecule has 23 heavy (non-hydrogen) atoms. The Morgan fingerprint density at radius 2 is 2.04 bits per heavy atom. The molecule has 0 aliphatic rings. The average Bonchev–Trinajstić information content (AvgIpc) is 3.06. The van der Waals surface area contributed by atoms with Gasteiger partial charge in [-0.3, -0.25) is 9.79 Å². The largest absolute Gasteiger partial charge is 0.357 e. The van der Waals surface area contributed by atoms with E-state index in [4.69, 9.17) is 4.99 Å². The molecule has 0 aliphatic carbocycles. The van der Waals surface area contributed by atoms with Crippen LogP contribution >= 0.6 is 11.3 Å². The van der Waals surface area contributed by atoms with E-state index in [0.29, 0.717) is 19.0 Å². The van der Waals surface area contributed by atoms with Gasteiger partial charge in [0.05, 0.1) is 13.1 Å². The Morgan fingerprint density at radius 3 is 2.57 bits per heavy atom. The van der Waals surface area contributed by atoms with E-state index in [1.165, 1.54) is 4.88 Å². The minimum Gasteiger partial charge on any atom is -0.357 e. The number of aliphatic imine (C=N–C) groups is 1. The summed E-state index contributed by atoms with van der Waals surface area (Å²) >= 11 is 1.76. The molecule has 0 radical (unpaired) electrons. The van der Waals surface area contributed by atoms with Crippen molar-refractivity contribution in [1.82, 2.24) is 15.1 Å². The number of rotatable bonds is 8. The molecule has 130 valence electrons. The van der Waals surface area contributed by atoms with Crippen LogP contribution in [0.25, 0.3) is 0 Å². The summed E-state index contributed by atoms with van der Waals surface area (Å²) in [6.07, 6.45) is 0. The highest BCUT2D eigenvalue weighted by Gasteiger charge is 2.15. The van der Waals surface area contributed by atoms with Gasteiger partial charge >= 0.3 is 0 Å². The lowest BCUT2D eigenvalue weighted by molar-refractivity contribution is -0.131. The number of hydrogen-bond acceptors (Lipinski definition) is 3. The first-order valence-electron chi connectivity index (χ1n) is 8.33. The fourth-order valence-electron chi connectivity index (χ4n) is 2.31. The summed E-state index contributed by atoms with van der Waals surface area (Å²) in [5.74, 6) is 1.31. The van der Waals surface area contributed by atoms with Crippen LogP contribution in [0.15, 0.2) is 22.5 Å². The van der Waals surface area contributed by atoms with Gasteiger partial charge in [0.2, 0.25) is 5.91 Å². The first kappa shape index (κ1) is 19.5. The van der Waals surface area contributed by atoms with Crippen molar-refractivity contribution in [1.29, 1.82) is 0 Å². The van der Waals surface area contributed by atoms with E-state index in [2.05, 4.69) is 29.8 Å². The summed E-state index contributed by atoms with van der Waals surface area (Å²) < 4.78 is 0. The van der Waals surface area contributed by atoms with Crippen molar-refractivity contribution in [3.8, 4) is 0 Å². The topological polar surface area (TPSA) is 47.9 Å². The predicted molar refractivity (Wildman–Crippen MR) is 99.3 cm³/mol. The Labute approximate surface area is 144 Å². The molecule has 0 bridgehead atoms. The maximum absolute atomic E-state index is 12.3. The van der Waals surface area contributed by atoms with E-state index in [-0.39, 0.29) is 5.91 Å². The number of likely N-dealkylation sites (N-methyl/N-ethyl adjacent to an activating group) is 2. The SMILES string of the molecule is CCNC(=NCC(C)c1cccs1)N(C)CC(=O)N(CC)CC. The smallest absolute Gasteiger partial charge is 0.242 e. The van der Waals surface area contributed by atoms with Gasteiger partial charge < -0.3 is 15.1 Å². The minimum atomic E-state index is 0.134. The van der Waals surface area contributed by atoms with Crippen LogP contribution in [0, 0.1) is 0 Å². The Bertz CT molecular complexity index is 483. The van der Waals surface area contributed by atoms with E-state index in [1.807, 2.05) is 37.6 Å². The van der Waals surface area contributed by atoms with Crippen LogP contribution in [0.4, 0.5) is 0 Å². The molecule has 0 aromatic carbocycles. The fourth-order valence-corrected chi connectivity index (χ4v) is 3.09. The molecule has 0 saturated heterocycles. The van der Waals surface area contributed by atoms with Gasteiger partial charge in [0.1, 0.15) is 0 Å². The predicted octanol–water partition coefficient (Wildman–Crippen LogP) is 2.62.